The first-order valence-electron chi connectivity index (χ1n) is 5.13. The van der Waals surface area contributed by atoms with Gasteiger partial charge in [0.2, 0.25) is 0 Å². The number of aliphatic hydroxyl groups excluding tert-OH is 1. The second kappa shape index (κ2) is 6.38. The SMILES string of the molecule is CSc1nnc(Sc2ccc([C@H](C)O)c(Br)c2)s1. The summed E-state index contributed by atoms with van der Waals surface area (Å²) in [5.41, 5.74) is 0.890. The summed E-state index contributed by atoms with van der Waals surface area (Å²) >= 11 is 8.23. The summed E-state index contributed by atoms with van der Waals surface area (Å²) in [5.74, 6) is 0. The minimum absolute atomic E-state index is 0.469. The minimum Gasteiger partial charge on any atom is -0.389 e. The molecule has 0 aliphatic heterocycles. The van der Waals surface area contributed by atoms with Crippen LogP contribution in [0.5, 0.6) is 0 Å². The number of benzene rings is 1. The first-order valence-corrected chi connectivity index (χ1v) is 8.78. The average molecular weight is 363 g/mol. The van der Waals surface area contributed by atoms with Gasteiger partial charge in [-0.3, -0.25) is 0 Å². The highest BCUT2D eigenvalue weighted by Crippen LogP contribution is 2.35. The highest BCUT2D eigenvalue weighted by atomic mass is 79.9. The molecule has 2 rings (SSSR count). The molecule has 0 amide bonds. The van der Waals surface area contributed by atoms with Crippen LogP contribution < -0.4 is 0 Å². The Morgan fingerprint density at radius 3 is 2.61 bits per heavy atom. The van der Waals surface area contributed by atoms with Gasteiger partial charge in [-0.2, -0.15) is 0 Å². The van der Waals surface area contributed by atoms with Gasteiger partial charge in [-0.25, -0.2) is 0 Å². The summed E-state index contributed by atoms with van der Waals surface area (Å²) < 4.78 is 2.81. The van der Waals surface area contributed by atoms with Gasteiger partial charge in [0.1, 0.15) is 0 Å². The molecule has 2 aromatic rings. The Hall–Kier alpha value is -0.0800. The Labute approximate surface area is 127 Å². The normalized spacial score (nSPS) is 12.7. The number of aromatic nitrogens is 2. The van der Waals surface area contributed by atoms with Gasteiger partial charge in [-0.15, -0.1) is 10.2 Å². The molecular formula is C11H11BrN2OS3. The Bertz CT molecular complexity index is 545. The summed E-state index contributed by atoms with van der Waals surface area (Å²) in [6.45, 7) is 1.75. The molecule has 0 saturated heterocycles. The van der Waals surface area contributed by atoms with Crippen molar-refractivity contribution in [3.8, 4) is 0 Å². The predicted molar refractivity (Wildman–Crippen MR) is 80.6 cm³/mol. The van der Waals surface area contributed by atoms with Gasteiger partial charge < -0.3 is 5.11 Å². The van der Waals surface area contributed by atoms with Crippen LogP contribution in [0.4, 0.5) is 0 Å². The standard InChI is InChI=1S/C11H11BrN2OS3/c1-6(15)8-4-3-7(5-9(8)12)17-11-14-13-10(16-2)18-11/h3-6,15H,1-2H3/t6-/m0/s1. The van der Waals surface area contributed by atoms with Crippen molar-refractivity contribution in [3.05, 3.63) is 28.2 Å². The first kappa shape index (κ1) is 14.3. The summed E-state index contributed by atoms with van der Waals surface area (Å²) in [5, 5.41) is 17.7. The molecule has 1 aromatic carbocycles. The van der Waals surface area contributed by atoms with E-state index in [1.807, 2.05) is 24.5 Å². The van der Waals surface area contributed by atoms with Crippen molar-refractivity contribution in [1.29, 1.82) is 0 Å². The zero-order valence-electron chi connectivity index (χ0n) is 9.75. The second-order valence-corrected chi connectivity index (χ2v) is 7.71. The lowest BCUT2D eigenvalue weighted by atomic mass is 10.1. The van der Waals surface area contributed by atoms with Crippen molar-refractivity contribution >= 4 is 50.8 Å². The van der Waals surface area contributed by atoms with E-state index in [0.717, 1.165) is 23.6 Å². The molecule has 3 nitrogen and oxygen atoms in total. The van der Waals surface area contributed by atoms with E-state index >= 15 is 0 Å². The highest BCUT2D eigenvalue weighted by Gasteiger charge is 2.09. The molecule has 1 heterocycles. The smallest absolute Gasteiger partial charge is 0.179 e. The van der Waals surface area contributed by atoms with Gasteiger partial charge in [-0.1, -0.05) is 56.9 Å². The number of halogens is 1. The van der Waals surface area contributed by atoms with Gasteiger partial charge in [0.05, 0.1) is 6.10 Å². The van der Waals surface area contributed by atoms with Crippen LogP contribution in [-0.2, 0) is 0 Å². The van der Waals surface area contributed by atoms with Gasteiger partial charge in [0.15, 0.2) is 8.68 Å². The van der Waals surface area contributed by atoms with E-state index in [1.54, 1.807) is 41.8 Å². The molecule has 0 saturated carbocycles. The molecule has 0 radical (unpaired) electrons. The number of rotatable bonds is 4. The summed E-state index contributed by atoms with van der Waals surface area (Å²) in [7, 11) is 0. The van der Waals surface area contributed by atoms with E-state index in [-0.39, 0.29) is 0 Å². The minimum atomic E-state index is -0.469. The van der Waals surface area contributed by atoms with Crippen molar-refractivity contribution < 1.29 is 5.11 Å². The van der Waals surface area contributed by atoms with E-state index in [2.05, 4.69) is 26.1 Å². The molecule has 18 heavy (non-hydrogen) atoms. The molecule has 0 aliphatic carbocycles. The van der Waals surface area contributed by atoms with Crippen LogP contribution in [0.3, 0.4) is 0 Å². The Balaban J connectivity index is 2.17. The topological polar surface area (TPSA) is 46.0 Å². The van der Waals surface area contributed by atoms with Crippen LogP contribution >= 0.6 is 50.8 Å². The number of hydrogen-bond acceptors (Lipinski definition) is 6. The van der Waals surface area contributed by atoms with Gasteiger partial charge in [0, 0.05) is 9.37 Å². The fourth-order valence-corrected chi connectivity index (χ4v) is 4.65. The van der Waals surface area contributed by atoms with Crippen LogP contribution in [0, 0.1) is 0 Å². The van der Waals surface area contributed by atoms with E-state index in [4.69, 9.17) is 0 Å². The molecule has 0 spiro atoms. The van der Waals surface area contributed by atoms with Gasteiger partial charge in [0.25, 0.3) is 0 Å². The fraction of sp³-hybridized carbons (Fsp3) is 0.273. The van der Waals surface area contributed by atoms with Crippen LogP contribution in [-0.4, -0.2) is 21.6 Å². The van der Waals surface area contributed by atoms with Crippen molar-refractivity contribution in [1.82, 2.24) is 10.2 Å². The third-order valence-corrected chi connectivity index (χ3v) is 5.82. The maximum absolute atomic E-state index is 9.56. The molecular weight excluding hydrogens is 352 g/mol. The Morgan fingerprint density at radius 1 is 1.33 bits per heavy atom. The number of hydrogen-bond donors (Lipinski definition) is 1. The maximum Gasteiger partial charge on any atom is 0.179 e. The highest BCUT2D eigenvalue weighted by molar-refractivity contribution is 9.10. The van der Waals surface area contributed by atoms with Crippen LogP contribution in [0.1, 0.15) is 18.6 Å². The predicted octanol–water partition coefficient (Wildman–Crippen LogP) is 4.23. The van der Waals surface area contributed by atoms with Crippen molar-refractivity contribution in [2.24, 2.45) is 0 Å². The van der Waals surface area contributed by atoms with Gasteiger partial charge in [-0.05, 0) is 30.9 Å². The molecule has 1 aromatic heterocycles. The molecule has 7 heteroatoms. The second-order valence-electron chi connectivity index (χ2n) is 3.50. The van der Waals surface area contributed by atoms with E-state index in [9.17, 15) is 5.11 Å². The Kier molecular flexibility index (Phi) is 5.08. The summed E-state index contributed by atoms with van der Waals surface area (Å²) in [6.07, 6.45) is 1.52. The lowest BCUT2D eigenvalue weighted by molar-refractivity contribution is 0.198. The third kappa shape index (κ3) is 3.48. The zero-order valence-corrected chi connectivity index (χ0v) is 13.8. The Morgan fingerprint density at radius 2 is 2.06 bits per heavy atom. The quantitative estimate of drug-likeness (QED) is 0.824. The molecule has 1 atom stereocenters. The fourth-order valence-electron chi connectivity index (χ4n) is 1.33. The zero-order chi connectivity index (χ0) is 13.1. The number of aliphatic hydroxyl groups is 1. The van der Waals surface area contributed by atoms with Crippen LogP contribution in [0.15, 0.2) is 36.2 Å². The van der Waals surface area contributed by atoms with Gasteiger partial charge >= 0.3 is 0 Å². The van der Waals surface area contributed by atoms with E-state index < -0.39 is 6.10 Å². The molecule has 96 valence electrons. The van der Waals surface area contributed by atoms with Crippen molar-refractivity contribution in [2.45, 2.75) is 26.6 Å². The van der Waals surface area contributed by atoms with E-state index in [1.165, 1.54) is 0 Å². The van der Waals surface area contributed by atoms with Crippen molar-refractivity contribution in [3.63, 3.8) is 0 Å². The summed E-state index contributed by atoms with van der Waals surface area (Å²) in [6, 6.07) is 5.90. The first-order chi connectivity index (χ1) is 8.60. The summed E-state index contributed by atoms with van der Waals surface area (Å²) in [4.78, 5) is 1.08. The molecule has 0 aliphatic rings. The third-order valence-electron chi connectivity index (χ3n) is 2.19. The lowest BCUT2D eigenvalue weighted by Gasteiger charge is -2.08. The molecule has 1 N–H and O–H groups in total. The molecule has 0 fully saturated rings. The number of thioether (sulfide) groups is 1. The molecule has 0 unspecified atom stereocenters. The lowest BCUT2D eigenvalue weighted by Crippen LogP contribution is -1.92. The van der Waals surface area contributed by atoms with Crippen LogP contribution in [0.25, 0.3) is 0 Å². The van der Waals surface area contributed by atoms with E-state index in [0.29, 0.717) is 0 Å². The number of nitrogens with zero attached hydrogens (tertiary/aromatic N) is 2. The largest absolute Gasteiger partial charge is 0.389 e. The maximum atomic E-state index is 9.56. The average Bonchev–Trinajstić information content (AvgIpc) is 2.76. The van der Waals surface area contributed by atoms with Crippen molar-refractivity contribution in [2.75, 3.05) is 6.26 Å². The monoisotopic (exact) mass is 362 g/mol. The van der Waals surface area contributed by atoms with Crippen LogP contribution in [0.2, 0.25) is 0 Å². The molecule has 0 bridgehead atoms.